The van der Waals surface area contributed by atoms with Gasteiger partial charge in [0, 0.05) is 23.8 Å². The highest BCUT2D eigenvalue weighted by Crippen LogP contribution is 2.28. The van der Waals surface area contributed by atoms with E-state index in [1.165, 1.54) is 0 Å². The molecule has 0 aliphatic carbocycles. The van der Waals surface area contributed by atoms with Crippen molar-refractivity contribution in [1.82, 2.24) is 10.3 Å². The zero-order valence-corrected chi connectivity index (χ0v) is 8.52. The maximum Gasteiger partial charge on any atom is 0.220 e. The van der Waals surface area contributed by atoms with E-state index in [2.05, 4.69) is 15.7 Å². The van der Waals surface area contributed by atoms with Crippen LogP contribution in [0.4, 0.5) is 0 Å². The fraction of sp³-hybridized carbons (Fsp3) is 0.556. The summed E-state index contributed by atoms with van der Waals surface area (Å²) < 4.78 is 0. The topological polar surface area (TPSA) is 42.0 Å². The summed E-state index contributed by atoms with van der Waals surface area (Å²) in [5.74, 6) is 0.417. The number of thiazole rings is 1. The molecule has 2 rings (SSSR count). The Hall–Kier alpha value is -0.900. The Morgan fingerprint density at radius 3 is 2.92 bits per heavy atom. The Morgan fingerprint density at radius 2 is 2.46 bits per heavy atom. The van der Waals surface area contributed by atoms with Gasteiger partial charge in [-0.25, -0.2) is 4.98 Å². The highest BCUT2D eigenvalue weighted by atomic mass is 32.1. The number of aromatic nitrogens is 1. The lowest BCUT2D eigenvalue weighted by Crippen LogP contribution is -2.24. The summed E-state index contributed by atoms with van der Waals surface area (Å²) in [7, 11) is 0. The molecule has 1 aromatic heterocycles. The van der Waals surface area contributed by atoms with Crippen LogP contribution in [0.15, 0.2) is 5.38 Å². The third-order valence-electron chi connectivity index (χ3n) is 2.41. The van der Waals surface area contributed by atoms with Gasteiger partial charge >= 0.3 is 0 Å². The standard InChI is InChI=1S/C9H12N2OS/c1-5-7(3-9(12)10-5)8-4-13-6(2)11-8/h4-5,7H,3H2,1-2H3,(H,10,12). The first-order valence-electron chi connectivity index (χ1n) is 4.38. The van der Waals surface area contributed by atoms with Gasteiger partial charge in [-0.05, 0) is 13.8 Å². The van der Waals surface area contributed by atoms with E-state index in [0.29, 0.717) is 6.42 Å². The molecule has 2 unspecified atom stereocenters. The molecule has 2 atom stereocenters. The third-order valence-corrected chi connectivity index (χ3v) is 3.21. The van der Waals surface area contributed by atoms with Gasteiger partial charge in [0.05, 0.1) is 10.7 Å². The molecule has 1 aliphatic rings. The van der Waals surface area contributed by atoms with Crippen molar-refractivity contribution in [3.05, 3.63) is 16.1 Å². The number of aryl methyl sites for hydroxylation is 1. The molecule has 1 saturated heterocycles. The highest BCUT2D eigenvalue weighted by molar-refractivity contribution is 7.09. The van der Waals surface area contributed by atoms with Gasteiger partial charge in [-0.15, -0.1) is 11.3 Å². The quantitative estimate of drug-likeness (QED) is 0.738. The van der Waals surface area contributed by atoms with E-state index >= 15 is 0 Å². The lowest BCUT2D eigenvalue weighted by Gasteiger charge is -2.10. The summed E-state index contributed by atoms with van der Waals surface area (Å²) in [5.41, 5.74) is 1.06. The first-order chi connectivity index (χ1) is 6.16. The Balaban J connectivity index is 2.22. The van der Waals surface area contributed by atoms with Gasteiger partial charge in [-0.1, -0.05) is 0 Å². The van der Waals surface area contributed by atoms with E-state index in [1.807, 2.05) is 13.8 Å². The van der Waals surface area contributed by atoms with Crippen LogP contribution in [-0.4, -0.2) is 16.9 Å². The monoisotopic (exact) mass is 196 g/mol. The van der Waals surface area contributed by atoms with Crippen molar-refractivity contribution in [1.29, 1.82) is 0 Å². The van der Waals surface area contributed by atoms with Gasteiger partial charge in [0.1, 0.15) is 0 Å². The molecule has 0 radical (unpaired) electrons. The van der Waals surface area contributed by atoms with Crippen LogP contribution >= 0.6 is 11.3 Å². The predicted octanol–water partition coefficient (Wildman–Crippen LogP) is 1.44. The molecule has 1 N–H and O–H groups in total. The zero-order valence-electron chi connectivity index (χ0n) is 7.70. The number of nitrogens with one attached hydrogen (secondary N) is 1. The Labute approximate surface area is 81.2 Å². The van der Waals surface area contributed by atoms with Gasteiger partial charge < -0.3 is 5.32 Å². The van der Waals surface area contributed by atoms with E-state index < -0.39 is 0 Å². The maximum absolute atomic E-state index is 11.1. The molecule has 0 spiro atoms. The second-order valence-electron chi connectivity index (χ2n) is 3.46. The van der Waals surface area contributed by atoms with Crippen molar-refractivity contribution in [3.63, 3.8) is 0 Å². The minimum absolute atomic E-state index is 0.142. The largest absolute Gasteiger partial charge is 0.353 e. The van der Waals surface area contributed by atoms with E-state index in [1.54, 1.807) is 11.3 Å². The molecule has 0 saturated carbocycles. The van der Waals surface area contributed by atoms with E-state index in [-0.39, 0.29) is 17.9 Å². The van der Waals surface area contributed by atoms with Crippen LogP contribution in [0.5, 0.6) is 0 Å². The minimum Gasteiger partial charge on any atom is -0.353 e. The second kappa shape index (κ2) is 3.10. The maximum atomic E-state index is 11.1. The number of nitrogens with zero attached hydrogens (tertiary/aromatic N) is 1. The molecule has 70 valence electrons. The SMILES string of the molecule is Cc1nc(C2CC(=O)NC2C)cs1. The highest BCUT2D eigenvalue weighted by Gasteiger charge is 2.31. The summed E-state index contributed by atoms with van der Waals surface area (Å²) in [5, 5.41) is 6.02. The van der Waals surface area contributed by atoms with Crippen molar-refractivity contribution in [2.75, 3.05) is 0 Å². The molecule has 1 amide bonds. The molecule has 2 heterocycles. The van der Waals surface area contributed by atoms with Crippen molar-refractivity contribution in [2.24, 2.45) is 0 Å². The fourth-order valence-electron chi connectivity index (χ4n) is 1.70. The summed E-state index contributed by atoms with van der Waals surface area (Å²) >= 11 is 1.64. The van der Waals surface area contributed by atoms with Crippen molar-refractivity contribution < 1.29 is 4.79 Å². The molecular weight excluding hydrogens is 184 g/mol. The molecular formula is C9H12N2OS. The summed E-state index contributed by atoms with van der Waals surface area (Å²) in [6, 6.07) is 0.231. The minimum atomic E-state index is 0.142. The van der Waals surface area contributed by atoms with Crippen LogP contribution in [0.25, 0.3) is 0 Å². The molecule has 1 aliphatic heterocycles. The summed E-state index contributed by atoms with van der Waals surface area (Å²) in [6.45, 7) is 4.02. The van der Waals surface area contributed by atoms with Crippen molar-refractivity contribution in [2.45, 2.75) is 32.2 Å². The van der Waals surface area contributed by atoms with Gasteiger partial charge in [0.15, 0.2) is 0 Å². The lowest BCUT2D eigenvalue weighted by atomic mass is 9.99. The molecule has 1 fully saturated rings. The first-order valence-corrected chi connectivity index (χ1v) is 5.26. The number of amides is 1. The van der Waals surface area contributed by atoms with Crippen LogP contribution in [0.1, 0.15) is 30.0 Å². The van der Waals surface area contributed by atoms with Crippen LogP contribution in [0.2, 0.25) is 0 Å². The van der Waals surface area contributed by atoms with Crippen LogP contribution < -0.4 is 5.32 Å². The van der Waals surface area contributed by atoms with Crippen molar-refractivity contribution in [3.8, 4) is 0 Å². The van der Waals surface area contributed by atoms with Crippen LogP contribution in [0.3, 0.4) is 0 Å². The summed E-state index contributed by atoms with van der Waals surface area (Å²) in [4.78, 5) is 15.5. The molecule has 13 heavy (non-hydrogen) atoms. The number of carbonyl (C=O) groups is 1. The zero-order chi connectivity index (χ0) is 9.42. The van der Waals surface area contributed by atoms with Gasteiger partial charge in [0.2, 0.25) is 5.91 Å². The van der Waals surface area contributed by atoms with E-state index in [4.69, 9.17) is 0 Å². The average Bonchev–Trinajstić information content (AvgIpc) is 2.58. The summed E-state index contributed by atoms with van der Waals surface area (Å²) in [6.07, 6.45) is 0.588. The number of carbonyl (C=O) groups excluding carboxylic acids is 1. The van der Waals surface area contributed by atoms with Crippen LogP contribution in [-0.2, 0) is 4.79 Å². The van der Waals surface area contributed by atoms with Gasteiger partial charge in [-0.2, -0.15) is 0 Å². The Morgan fingerprint density at radius 1 is 1.69 bits per heavy atom. The number of rotatable bonds is 1. The number of hydrogen-bond acceptors (Lipinski definition) is 3. The molecule has 0 aromatic carbocycles. The van der Waals surface area contributed by atoms with Crippen molar-refractivity contribution >= 4 is 17.2 Å². The van der Waals surface area contributed by atoms with E-state index in [9.17, 15) is 4.79 Å². The van der Waals surface area contributed by atoms with Crippen LogP contribution in [0, 0.1) is 6.92 Å². The Kier molecular flexibility index (Phi) is 2.07. The van der Waals surface area contributed by atoms with Gasteiger partial charge in [0.25, 0.3) is 0 Å². The fourth-order valence-corrected chi connectivity index (χ4v) is 2.38. The smallest absolute Gasteiger partial charge is 0.220 e. The number of hydrogen-bond donors (Lipinski definition) is 1. The predicted molar refractivity (Wildman–Crippen MR) is 51.8 cm³/mol. The third kappa shape index (κ3) is 1.58. The second-order valence-corrected chi connectivity index (χ2v) is 4.52. The average molecular weight is 196 g/mol. The normalized spacial score (nSPS) is 27.7. The lowest BCUT2D eigenvalue weighted by molar-refractivity contribution is -0.119. The molecule has 0 bridgehead atoms. The molecule has 3 nitrogen and oxygen atoms in total. The Bertz CT molecular complexity index is 334. The van der Waals surface area contributed by atoms with Gasteiger partial charge in [-0.3, -0.25) is 4.79 Å². The first kappa shape index (κ1) is 8.69. The molecule has 1 aromatic rings. The molecule has 4 heteroatoms. The van der Waals surface area contributed by atoms with E-state index in [0.717, 1.165) is 10.7 Å².